The largest absolute Gasteiger partial charge is 0.501 e. The van der Waals surface area contributed by atoms with Gasteiger partial charge in [0.15, 0.2) is 5.69 Å². The first-order valence-corrected chi connectivity index (χ1v) is 5.81. The molecule has 0 atom stereocenters. The average Bonchev–Trinajstić information content (AvgIpc) is 2.83. The first kappa shape index (κ1) is 13.7. The van der Waals surface area contributed by atoms with Crippen LogP contribution in [0.2, 0.25) is 0 Å². The molecule has 20 heavy (non-hydrogen) atoms. The summed E-state index contributed by atoms with van der Waals surface area (Å²) in [5.41, 5.74) is -1.22. The van der Waals surface area contributed by atoms with E-state index in [1.54, 1.807) is 13.8 Å². The summed E-state index contributed by atoms with van der Waals surface area (Å²) >= 11 is 0. The lowest BCUT2D eigenvalue weighted by Crippen LogP contribution is -2.26. The quantitative estimate of drug-likeness (QED) is 0.757. The van der Waals surface area contributed by atoms with Gasteiger partial charge in [-0.15, -0.1) is 5.10 Å². The van der Waals surface area contributed by atoms with Crippen LogP contribution in [0.25, 0.3) is 5.95 Å². The number of carbonyl (C=O) groups is 1. The molecule has 0 bridgehead atoms. The molecule has 2 aromatic heterocycles. The highest BCUT2D eigenvalue weighted by atomic mass is 16.5. The standard InChI is InChI=1S/C11H13N5O4/c1-4-20-10(19)7-8(17)9(18)15(3)11(13-7)16-5-12-6(2)14-16/h5,17H,4H2,1-3H3. The van der Waals surface area contributed by atoms with E-state index in [1.807, 2.05) is 0 Å². The van der Waals surface area contributed by atoms with Gasteiger partial charge in [0.25, 0.3) is 5.56 Å². The van der Waals surface area contributed by atoms with Crippen molar-refractivity contribution in [3.05, 3.63) is 28.2 Å². The number of aromatic nitrogens is 5. The number of aryl methyl sites for hydroxylation is 1. The molecular formula is C11H13N5O4. The summed E-state index contributed by atoms with van der Waals surface area (Å²) in [5.74, 6) is -1.10. The molecule has 0 unspecified atom stereocenters. The maximum Gasteiger partial charge on any atom is 0.361 e. The summed E-state index contributed by atoms with van der Waals surface area (Å²) in [4.78, 5) is 31.4. The smallest absolute Gasteiger partial charge is 0.361 e. The highest BCUT2D eigenvalue weighted by Gasteiger charge is 2.22. The molecule has 0 aromatic carbocycles. The minimum Gasteiger partial charge on any atom is -0.501 e. The fraction of sp³-hybridized carbons (Fsp3) is 0.364. The zero-order chi connectivity index (χ0) is 14.9. The van der Waals surface area contributed by atoms with Gasteiger partial charge in [-0.05, 0) is 13.8 Å². The van der Waals surface area contributed by atoms with Crippen molar-refractivity contribution in [3.63, 3.8) is 0 Å². The van der Waals surface area contributed by atoms with Crippen molar-refractivity contribution in [2.24, 2.45) is 7.05 Å². The maximum absolute atomic E-state index is 11.9. The second-order valence-electron chi connectivity index (χ2n) is 3.93. The Morgan fingerprint density at radius 1 is 1.50 bits per heavy atom. The second kappa shape index (κ2) is 5.11. The van der Waals surface area contributed by atoms with E-state index in [0.29, 0.717) is 5.82 Å². The summed E-state index contributed by atoms with van der Waals surface area (Å²) < 4.78 is 7.04. The Kier molecular flexibility index (Phi) is 3.51. The number of hydrogen-bond donors (Lipinski definition) is 1. The van der Waals surface area contributed by atoms with Crippen molar-refractivity contribution in [3.8, 4) is 11.7 Å². The van der Waals surface area contributed by atoms with Crippen LogP contribution in [0.4, 0.5) is 0 Å². The van der Waals surface area contributed by atoms with Crippen molar-refractivity contribution < 1.29 is 14.6 Å². The van der Waals surface area contributed by atoms with Crippen LogP contribution in [0.5, 0.6) is 5.75 Å². The zero-order valence-electron chi connectivity index (χ0n) is 11.2. The molecule has 2 rings (SSSR count). The van der Waals surface area contributed by atoms with Crippen molar-refractivity contribution in [2.45, 2.75) is 13.8 Å². The van der Waals surface area contributed by atoms with Gasteiger partial charge in [0.1, 0.15) is 12.2 Å². The van der Waals surface area contributed by atoms with E-state index in [2.05, 4.69) is 15.1 Å². The van der Waals surface area contributed by atoms with Gasteiger partial charge in [-0.25, -0.2) is 14.8 Å². The number of ether oxygens (including phenoxy) is 1. The van der Waals surface area contributed by atoms with Crippen LogP contribution < -0.4 is 5.56 Å². The monoisotopic (exact) mass is 279 g/mol. The van der Waals surface area contributed by atoms with Crippen molar-refractivity contribution >= 4 is 5.97 Å². The van der Waals surface area contributed by atoms with E-state index in [9.17, 15) is 14.7 Å². The Hall–Kier alpha value is -2.71. The Morgan fingerprint density at radius 2 is 2.20 bits per heavy atom. The van der Waals surface area contributed by atoms with E-state index >= 15 is 0 Å². The van der Waals surface area contributed by atoms with Gasteiger partial charge < -0.3 is 9.84 Å². The molecule has 9 heteroatoms. The van der Waals surface area contributed by atoms with E-state index in [0.717, 1.165) is 4.57 Å². The lowest BCUT2D eigenvalue weighted by molar-refractivity contribution is 0.0514. The molecule has 0 saturated heterocycles. The molecule has 0 fully saturated rings. The molecule has 106 valence electrons. The van der Waals surface area contributed by atoms with Crippen LogP contribution in [0.3, 0.4) is 0 Å². The van der Waals surface area contributed by atoms with Gasteiger partial charge in [0, 0.05) is 7.05 Å². The highest BCUT2D eigenvalue weighted by Crippen LogP contribution is 2.12. The number of esters is 1. The lowest BCUT2D eigenvalue weighted by Gasteiger charge is -2.09. The molecule has 0 aliphatic heterocycles. The number of carbonyl (C=O) groups excluding carboxylic acids is 1. The fourth-order valence-electron chi connectivity index (χ4n) is 1.57. The molecule has 0 saturated carbocycles. The molecule has 1 N–H and O–H groups in total. The van der Waals surface area contributed by atoms with Crippen LogP contribution in [0, 0.1) is 6.92 Å². The summed E-state index contributed by atoms with van der Waals surface area (Å²) in [5, 5.41) is 13.7. The van der Waals surface area contributed by atoms with E-state index in [-0.39, 0.29) is 12.6 Å². The molecule has 9 nitrogen and oxygen atoms in total. The van der Waals surface area contributed by atoms with Crippen LogP contribution in [-0.4, -0.2) is 42.0 Å². The van der Waals surface area contributed by atoms with Gasteiger partial charge in [-0.3, -0.25) is 9.36 Å². The number of aromatic hydroxyl groups is 1. The first-order chi connectivity index (χ1) is 9.45. The molecule has 0 aliphatic rings. The fourth-order valence-corrected chi connectivity index (χ4v) is 1.57. The third-order valence-electron chi connectivity index (χ3n) is 2.52. The van der Waals surface area contributed by atoms with Crippen LogP contribution in [0.1, 0.15) is 23.2 Å². The number of hydrogen-bond acceptors (Lipinski definition) is 7. The van der Waals surface area contributed by atoms with Crippen molar-refractivity contribution in [1.82, 2.24) is 24.3 Å². The lowest BCUT2D eigenvalue weighted by atomic mass is 10.3. The Labute approximate surface area is 113 Å². The normalized spacial score (nSPS) is 10.6. The predicted octanol–water partition coefficient (Wildman–Crippen LogP) is -0.448. The van der Waals surface area contributed by atoms with Gasteiger partial charge in [0.05, 0.1) is 6.61 Å². The summed E-state index contributed by atoms with van der Waals surface area (Å²) in [6.07, 6.45) is 1.35. The van der Waals surface area contributed by atoms with Crippen LogP contribution >= 0.6 is 0 Å². The first-order valence-electron chi connectivity index (χ1n) is 5.81. The van der Waals surface area contributed by atoms with Gasteiger partial charge in [-0.1, -0.05) is 0 Å². The molecule has 0 spiro atoms. The minimum absolute atomic E-state index is 0.0523. The topological polar surface area (TPSA) is 112 Å². The Morgan fingerprint density at radius 3 is 2.75 bits per heavy atom. The van der Waals surface area contributed by atoms with Crippen LogP contribution in [0.15, 0.2) is 11.1 Å². The van der Waals surface area contributed by atoms with Gasteiger partial charge in [0.2, 0.25) is 11.7 Å². The second-order valence-corrected chi connectivity index (χ2v) is 3.93. The summed E-state index contributed by atoms with van der Waals surface area (Å²) in [6, 6.07) is 0. The molecule has 2 aromatic rings. The highest BCUT2D eigenvalue weighted by molar-refractivity contribution is 5.90. The zero-order valence-corrected chi connectivity index (χ0v) is 11.2. The number of nitrogens with zero attached hydrogens (tertiary/aromatic N) is 5. The summed E-state index contributed by atoms with van der Waals surface area (Å²) in [7, 11) is 1.40. The number of rotatable bonds is 3. The van der Waals surface area contributed by atoms with E-state index in [1.165, 1.54) is 18.1 Å². The molecule has 0 radical (unpaired) electrons. The molecule has 0 aliphatic carbocycles. The predicted molar refractivity (Wildman–Crippen MR) is 66.8 cm³/mol. The Balaban J connectivity index is 2.64. The van der Waals surface area contributed by atoms with Crippen molar-refractivity contribution in [2.75, 3.05) is 6.61 Å². The SMILES string of the molecule is CCOC(=O)c1nc(-n2cnc(C)n2)n(C)c(=O)c1O. The van der Waals surface area contributed by atoms with Gasteiger partial charge in [-0.2, -0.15) is 4.68 Å². The van der Waals surface area contributed by atoms with Gasteiger partial charge >= 0.3 is 5.97 Å². The summed E-state index contributed by atoms with van der Waals surface area (Å²) in [6.45, 7) is 3.38. The average molecular weight is 279 g/mol. The maximum atomic E-state index is 11.9. The third kappa shape index (κ3) is 2.25. The third-order valence-corrected chi connectivity index (χ3v) is 2.52. The molecule has 0 amide bonds. The van der Waals surface area contributed by atoms with Crippen LogP contribution in [-0.2, 0) is 11.8 Å². The van der Waals surface area contributed by atoms with Crippen molar-refractivity contribution in [1.29, 1.82) is 0 Å². The molecule has 2 heterocycles. The minimum atomic E-state index is -0.874. The van der Waals surface area contributed by atoms with E-state index < -0.39 is 23.0 Å². The van der Waals surface area contributed by atoms with E-state index in [4.69, 9.17) is 4.74 Å². The Bertz CT molecular complexity index is 718. The molecular weight excluding hydrogens is 266 g/mol.